The summed E-state index contributed by atoms with van der Waals surface area (Å²) in [4.78, 5) is 0. The van der Waals surface area contributed by atoms with Gasteiger partial charge < -0.3 is 0 Å². The van der Waals surface area contributed by atoms with E-state index in [0.29, 0.717) is 11.5 Å². The summed E-state index contributed by atoms with van der Waals surface area (Å²) >= 11 is 5.59. The van der Waals surface area contributed by atoms with E-state index in [9.17, 15) is 8.78 Å². The van der Waals surface area contributed by atoms with Gasteiger partial charge in [-0.2, -0.15) is 0 Å². The van der Waals surface area contributed by atoms with Gasteiger partial charge in [0.05, 0.1) is 0 Å². The zero-order valence-corrected chi connectivity index (χ0v) is 16.6. The van der Waals surface area contributed by atoms with Crippen LogP contribution < -0.4 is 0 Å². The first-order chi connectivity index (χ1) is 13.0. The molecule has 0 aromatic heterocycles. The topological polar surface area (TPSA) is 0 Å². The van der Waals surface area contributed by atoms with Crippen molar-refractivity contribution in [1.82, 2.24) is 0 Å². The zero-order chi connectivity index (χ0) is 19.0. The largest absolute Gasteiger partial charge is 0.205 e. The Morgan fingerprint density at radius 3 is 2.15 bits per heavy atom. The Bertz CT molecular complexity index is 776. The fraction of sp³-hybridized carbons (Fsp3) is 0.500. The molecule has 2 aromatic carbocycles. The van der Waals surface area contributed by atoms with Crippen LogP contribution in [0.2, 0.25) is 5.02 Å². The van der Waals surface area contributed by atoms with Gasteiger partial charge in [-0.1, -0.05) is 55.6 Å². The molecule has 0 saturated heterocycles. The maximum Gasteiger partial charge on any atom is 0.145 e. The van der Waals surface area contributed by atoms with Crippen molar-refractivity contribution >= 4 is 11.6 Å². The minimum absolute atomic E-state index is 0.440. The van der Waals surface area contributed by atoms with E-state index >= 15 is 0 Å². The highest BCUT2D eigenvalue weighted by atomic mass is 35.5. The molecule has 0 amide bonds. The maximum absolute atomic E-state index is 13.7. The lowest BCUT2D eigenvalue weighted by molar-refractivity contribution is 0.116. The highest BCUT2D eigenvalue weighted by Gasteiger charge is 2.35. The first-order valence-corrected chi connectivity index (χ1v) is 10.7. The molecule has 4 rings (SSSR count). The first kappa shape index (κ1) is 18.9. The van der Waals surface area contributed by atoms with Crippen LogP contribution in [0.4, 0.5) is 8.78 Å². The van der Waals surface area contributed by atoms with E-state index in [0.717, 1.165) is 23.3 Å². The Morgan fingerprint density at radius 1 is 0.852 bits per heavy atom. The van der Waals surface area contributed by atoms with Crippen LogP contribution in [0.5, 0.6) is 0 Å². The van der Waals surface area contributed by atoms with Crippen LogP contribution in [0.15, 0.2) is 36.4 Å². The van der Waals surface area contributed by atoms with Gasteiger partial charge >= 0.3 is 0 Å². The van der Waals surface area contributed by atoms with Crippen LogP contribution in [0.1, 0.15) is 63.4 Å². The molecule has 0 nitrogen and oxygen atoms in total. The fourth-order valence-electron chi connectivity index (χ4n) is 5.33. The molecule has 0 aliphatic heterocycles. The Balaban J connectivity index is 1.47. The molecule has 0 bridgehead atoms. The summed E-state index contributed by atoms with van der Waals surface area (Å²) in [6.45, 7) is 2.33. The molecule has 27 heavy (non-hydrogen) atoms. The van der Waals surface area contributed by atoms with E-state index in [-0.39, 0.29) is 0 Å². The van der Waals surface area contributed by atoms with E-state index < -0.39 is 16.7 Å². The Morgan fingerprint density at radius 2 is 1.48 bits per heavy atom. The normalized spacial score (nSPS) is 28.0. The summed E-state index contributed by atoms with van der Waals surface area (Å²) in [5.74, 6) is 1.96. The molecule has 2 aliphatic rings. The lowest BCUT2D eigenvalue weighted by atomic mass is 9.63. The van der Waals surface area contributed by atoms with Crippen molar-refractivity contribution in [3.63, 3.8) is 0 Å². The summed E-state index contributed by atoms with van der Waals surface area (Å²) in [6, 6.07) is 10.9. The molecule has 2 aromatic rings. The molecule has 0 spiro atoms. The summed E-state index contributed by atoms with van der Waals surface area (Å²) in [7, 11) is 0. The number of rotatable bonds is 3. The van der Waals surface area contributed by atoms with Crippen LogP contribution in [0.3, 0.4) is 0 Å². The molecular formula is C24H27ClF2. The summed E-state index contributed by atoms with van der Waals surface area (Å²) in [5, 5.41) is -0.440. The van der Waals surface area contributed by atoms with Crippen LogP contribution in [-0.2, 0) is 0 Å². The highest BCUT2D eigenvalue weighted by molar-refractivity contribution is 6.31. The predicted octanol–water partition coefficient (Wildman–Crippen LogP) is 8.00. The second kappa shape index (κ2) is 7.91. The molecule has 2 saturated carbocycles. The number of benzene rings is 2. The maximum atomic E-state index is 13.7. The van der Waals surface area contributed by atoms with Gasteiger partial charge in [0, 0.05) is 0 Å². The second-order valence-electron chi connectivity index (χ2n) is 8.49. The molecule has 0 radical (unpaired) electrons. The zero-order valence-electron chi connectivity index (χ0n) is 15.9. The lowest BCUT2D eigenvalue weighted by Crippen LogP contribution is -2.30. The van der Waals surface area contributed by atoms with E-state index in [1.807, 2.05) is 12.1 Å². The third-order valence-electron chi connectivity index (χ3n) is 7.00. The van der Waals surface area contributed by atoms with E-state index in [4.69, 9.17) is 11.6 Å². The number of hydrogen-bond acceptors (Lipinski definition) is 0. The average Bonchev–Trinajstić information content (AvgIpc) is 2.71. The molecule has 4 atom stereocenters. The van der Waals surface area contributed by atoms with E-state index in [2.05, 4.69) is 19.1 Å². The number of fused-ring (bicyclic) bond motifs is 1. The molecule has 2 aliphatic carbocycles. The van der Waals surface area contributed by atoms with Gasteiger partial charge in [-0.25, -0.2) is 8.78 Å². The van der Waals surface area contributed by atoms with Crippen molar-refractivity contribution in [3.05, 3.63) is 58.6 Å². The van der Waals surface area contributed by atoms with Crippen molar-refractivity contribution in [2.24, 2.45) is 17.8 Å². The van der Waals surface area contributed by atoms with Crippen LogP contribution in [0, 0.1) is 29.4 Å². The van der Waals surface area contributed by atoms with Crippen LogP contribution >= 0.6 is 11.6 Å². The highest BCUT2D eigenvalue weighted by Crippen LogP contribution is 2.48. The van der Waals surface area contributed by atoms with Crippen molar-refractivity contribution < 1.29 is 8.78 Å². The average molecular weight is 389 g/mol. The lowest BCUT2D eigenvalue weighted by Gasteiger charge is -2.42. The van der Waals surface area contributed by atoms with Crippen LogP contribution in [-0.4, -0.2) is 0 Å². The molecular weight excluding hydrogens is 362 g/mol. The Kier molecular flexibility index (Phi) is 5.55. The fourth-order valence-corrected chi connectivity index (χ4v) is 5.44. The Labute approximate surface area is 165 Å². The van der Waals surface area contributed by atoms with Crippen LogP contribution in [0.25, 0.3) is 11.1 Å². The van der Waals surface area contributed by atoms with Gasteiger partial charge in [-0.3, -0.25) is 0 Å². The molecule has 0 heterocycles. The molecule has 0 N–H and O–H groups in total. The summed E-state index contributed by atoms with van der Waals surface area (Å²) in [5.41, 5.74) is 2.72. The SMILES string of the molecule is CCC1CCC2CC(c3ccc(-c4cc(F)c(Cl)c(F)c4)cc3)CCC2C1. The third-order valence-corrected chi connectivity index (χ3v) is 7.36. The Hall–Kier alpha value is -1.41. The van der Waals surface area contributed by atoms with Gasteiger partial charge in [0.15, 0.2) is 0 Å². The van der Waals surface area contributed by atoms with Crippen molar-refractivity contribution in [1.29, 1.82) is 0 Å². The molecule has 4 unspecified atom stereocenters. The van der Waals surface area contributed by atoms with E-state index in [1.165, 1.54) is 62.6 Å². The second-order valence-corrected chi connectivity index (χ2v) is 8.87. The van der Waals surface area contributed by atoms with Gasteiger partial charge in [0.2, 0.25) is 0 Å². The minimum Gasteiger partial charge on any atom is -0.205 e. The molecule has 3 heteroatoms. The summed E-state index contributed by atoms with van der Waals surface area (Å²) in [6.07, 6.45) is 9.46. The van der Waals surface area contributed by atoms with Crippen molar-refractivity contribution in [2.75, 3.05) is 0 Å². The van der Waals surface area contributed by atoms with Gasteiger partial charge in [-0.05, 0) is 84.6 Å². The number of hydrogen-bond donors (Lipinski definition) is 0. The molecule has 2 fully saturated rings. The standard InChI is InChI=1S/C24H27ClF2/c1-2-15-3-4-20-12-19(10-9-18(20)11-15)16-5-7-17(8-6-16)21-13-22(26)24(25)23(27)14-21/h5-8,13-15,18-20H,2-4,9-12H2,1H3. The smallest absolute Gasteiger partial charge is 0.145 e. The first-order valence-electron chi connectivity index (χ1n) is 10.3. The van der Waals surface area contributed by atoms with Crippen molar-refractivity contribution in [3.8, 4) is 11.1 Å². The van der Waals surface area contributed by atoms with E-state index in [1.54, 1.807) is 0 Å². The monoisotopic (exact) mass is 388 g/mol. The van der Waals surface area contributed by atoms with Gasteiger partial charge in [0.25, 0.3) is 0 Å². The van der Waals surface area contributed by atoms with Gasteiger partial charge in [0.1, 0.15) is 16.7 Å². The van der Waals surface area contributed by atoms with Crippen molar-refractivity contribution in [2.45, 2.75) is 57.8 Å². The molecule has 144 valence electrons. The number of halogens is 3. The quantitative estimate of drug-likeness (QED) is 0.467. The summed E-state index contributed by atoms with van der Waals surface area (Å²) < 4.78 is 27.5. The predicted molar refractivity (Wildman–Crippen MR) is 108 cm³/mol. The van der Waals surface area contributed by atoms with Gasteiger partial charge in [-0.15, -0.1) is 0 Å². The minimum atomic E-state index is -0.711. The third kappa shape index (κ3) is 3.92.